The molecule has 0 aliphatic rings. The van der Waals surface area contributed by atoms with Crippen LogP contribution in [0.3, 0.4) is 0 Å². The second-order valence-electron chi connectivity index (χ2n) is 7.33. The van der Waals surface area contributed by atoms with E-state index < -0.39 is 0 Å². The van der Waals surface area contributed by atoms with E-state index >= 15 is 0 Å². The SMILES string of the molecule is CC(C)Cc1nc(C(=O)Nc2nc3ccccc3n2CCc2ccccn2)cs1. The topological polar surface area (TPSA) is 72.7 Å². The second kappa shape index (κ2) is 8.53. The first-order chi connectivity index (χ1) is 14.1. The van der Waals surface area contributed by atoms with Gasteiger partial charge in [-0.3, -0.25) is 15.1 Å². The first kappa shape index (κ1) is 19.3. The molecule has 6 nitrogen and oxygen atoms in total. The molecule has 0 fully saturated rings. The normalized spacial score (nSPS) is 11.3. The number of rotatable bonds is 7. The fourth-order valence-corrected chi connectivity index (χ4v) is 4.18. The number of pyridine rings is 1. The Kier molecular flexibility index (Phi) is 5.67. The van der Waals surface area contributed by atoms with Crippen molar-refractivity contribution in [3.8, 4) is 0 Å². The van der Waals surface area contributed by atoms with Gasteiger partial charge in [-0.1, -0.05) is 32.0 Å². The summed E-state index contributed by atoms with van der Waals surface area (Å²) in [7, 11) is 0. The van der Waals surface area contributed by atoms with Crippen molar-refractivity contribution in [2.75, 3.05) is 5.32 Å². The summed E-state index contributed by atoms with van der Waals surface area (Å²) in [5, 5.41) is 5.75. The Morgan fingerprint density at radius 1 is 1.14 bits per heavy atom. The number of nitrogens with zero attached hydrogens (tertiary/aromatic N) is 4. The highest BCUT2D eigenvalue weighted by atomic mass is 32.1. The fourth-order valence-electron chi connectivity index (χ4n) is 3.19. The average Bonchev–Trinajstić information content (AvgIpc) is 3.31. The molecule has 0 unspecified atom stereocenters. The van der Waals surface area contributed by atoms with Crippen LogP contribution < -0.4 is 5.32 Å². The summed E-state index contributed by atoms with van der Waals surface area (Å²) in [6.45, 7) is 4.96. The number of carbonyl (C=O) groups excluding carboxylic acids is 1. The summed E-state index contributed by atoms with van der Waals surface area (Å²) >= 11 is 1.53. The number of anilines is 1. The van der Waals surface area contributed by atoms with Crippen molar-refractivity contribution in [1.82, 2.24) is 19.5 Å². The summed E-state index contributed by atoms with van der Waals surface area (Å²) in [5.41, 5.74) is 3.27. The van der Waals surface area contributed by atoms with Crippen molar-refractivity contribution in [2.45, 2.75) is 33.2 Å². The maximum atomic E-state index is 12.8. The average molecular weight is 406 g/mol. The molecule has 3 heterocycles. The van der Waals surface area contributed by atoms with Gasteiger partial charge in [0.15, 0.2) is 0 Å². The zero-order valence-corrected chi connectivity index (χ0v) is 17.3. The molecule has 0 aliphatic carbocycles. The number of imidazole rings is 1. The van der Waals surface area contributed by atoms with Gasteiger partial charge in [-0.15, -0.1) is 11.3 Å². The van der Waals surface area contributed by atoms with Crippen LogP contribution in [0.25, 0.3) is 11.0 Å². The number of amides is 1. The first-order valence-electron chi connectivity index (χ1n) is 9.71. The maximum absolute atomic E-state index is 12.8. The predicted molar refractivity (Wildman–Crippen MR) is 116 cm³/mol. The highest BCUT2D eigenvalue weighted by molar-refractivity contribution is 7.09. The van der Waals surface area contributed by atoms with Crippen LogP contribution in [0.1, 0.15) is 35.0 Å². The van der Waals surface area contributed by atoms with Crippen molar-refractivity contribution in [2.24, 2.45) is 5.92 Å². The summed E-state index contributed by atoms with van der Waals surface area (Å²) < 4.78 is 2.03. The summed E-state index contributed by atoms with van der Waals surface area (Å²) in [4.78, 5) is 26.3. The number of thiazole rings is 1. The third-order valence-corrected chi connectivity index (χ3v) is 5.44. The molecular formula is C22H23N5OS. The Labute approximate surface area is 173 Å². The zero-order chi connectivity index (χ0) is 20.2. The monoisotopic (exact) mass is 405 g/mol. The maximum Gasteiger partial charge on any atom is 0.277 e. The largest absolute Gasteiger partial charge is 0.310 e. The third-order valence-electron chi connectivity index (χ3n) is 4.56. The highest BCUT2D eigenvalue weighted by Crippen LogP contribution is 2.21. The quantitative estimate of drug-likeness (QED) is 0.488. The fraction of sp³-hybridized carbons (Fsp3) is 0.273. The molecule has 1 N–H and O–H groups in total. The molecule has 4 aromatic rings. The Morgan fingerprint density at radius 3 is 2.76 bits per heavy atom. The van der Waals surface area contributed by atoms with Gasteiger partial charge >= 0.3 is 0 Å². The molecule has 0 atom stereocenters. The van der Waals surface area contributed by atoms with Gasteiger partial charge in [0.1, 0.15) is 5.69 Å². The number of aryl methyl sites for hydroxylation is 2. The number of nitrogens with one attached hydrogen (secondary N) is 1. The summed E-state index contributed by atoms with van der Waals surface area (Å²) in [5.74, 6) is 0.809. The smallest absolute Gasteiger partial charge is 0.277 e. The lowest BCUT2D eigenvalue weighted by Gasteiger charge is -2.09. The van der Waals surface area contributed by atoms with Crippen LogP contribution in [-0.4, -0.2) is 25.4 Å². The molecule has 7 heteroatoms. The Balaban J connectivity index is 1.57. The van der Waals surface area contributed by atoms with Gasteiger partial charge in [-0.25, -0.2) is 9.97 Å². The molecule has 0 bridgehead atoms. The van der Waals surface area contributed by atoms with Crippen molar-refractivity contribution >= 4 is 34.2 Å². The van der Waals surface area contributed by atoms with Crippen molar-refractivity contribution < 1.29 is 4.79 Å². The lowest BCUT2D eigenvalue weighted by atomic mass is 10.1. The minimum Gasteiger partial charge on any atom is -0.310 e. The number of aromatic nitrogens is 4. The van der Waals surface area contributed by atoms with E-state index in [0.717, 1.165) is 34.6 Å². The van der Waals surface area contributed by atoms with E-state index in [2.05, 4.69) is 34.1 Å². The number of hydrogen-bond donors (Lipinski definition) is 1. The number of benzene rings is 1. The Bertz CT molecular complexity index is 1120. The molecule has 0 radical (unpaired) electrons. The van der Waals surface area contributed by atoms with Crippen LogP contribution in [0.5, 0.6) is 0 Å². The van der Waals surface area contributed by atoms with E-state index in [1.54, 1.807) is 6.20 Å². The minimum atomic E-state index is -0.231. The number of hydrogen-bond acceptors (Lipinski definition) is 5. The van der Waals surface area contributed by atoms with Gasteiger partial charge < -0.3 is 4.57 Å². The van der Waals surface area contributed by atoms with Gasteiger partial charge in [0, 0.05) is 36.7 Å². The van der Waals surface area contributed by atoms with Crippen molar-refractivity contribution in [3.63, 3.8) is 0 Å². The molecule has 0 saturated carbocycles. The molecular weight excluding hydrogens is 382 g/mol. The van der Waals surface area contributed by atoms with Crippen molar-refractivity contribution in [3.05, 3.63) is 70.4 Å². The van der Waals surface area contributed by atoms with Gasteiger partial charge in [-0.05, 0) is 30.2 Å². The van der Waals surface area contributed by atoms with Gasteiger partial charge in [0.2, 0.25) is 5.95 Å². The number of para-hydroxylation sites is 2. The minimum absolute atomic E-state index is 0.231. The van der Waals surface area contributed by atoms with E-state index in [4.69, 9.17) is 0 Å². The summed E-state index contributed by atoms with van der Waals surface area (Å²) in [6, 6.07) is 13.8. The lowest BCUT2D eigenvalue weighted by Crippen LogP contribution is -2.17. The van der Waals surface area contributed by atoms with Gasteiger partial charge in [0.25, 0.3) is 5.91 Å². The molecule has 0 aliphatic heterocycles. The van der Waals surface area contributed by atoms with Crippen LogP contribution >= 0.6 is 11.3 Å². The number of fused-ring (bicyclic) bond motifs is 1. The van der Waals surface area contributed by atoms with E-state index in [0.29, 0.717) is 24.1 Å². The third kappa shape index (κ3) is 4.51. The molecule has 29 heavy (non-hydrogen) atoms. The van der Waals surface area contributed by atoms with E-state index in [9.17, 15) is 4.79 Å². The van der Waals surface area contributed by atoms with Crippen LogP contribution in [-0.2, 0) is 19.4 Å². The van der Waals surface area contributed by atoms with Gasteiger partial charge in [-0.2, -0.15) is 0 Å². The van der Waals surface area contributed by atoms with Crippen LogP contribution in [0.4, 0.5) is 5.95 Å². The van der Waals surface area contributed by atoms with Crippen molar-refractivity contribution in [1.29, 1.82) is 0 Å². The molecule has 1 amide bonds. The van der Waals surface area contributed by atoms with E-state index in [-0.39, 0.29) is 5.91 Å². The summed E-state index contributed by atoms with van der Waals surface area (Å²) in [6.07, 6.45) is 3.42. The zero-order valence-electron chi connectivity index (χ0n) is 16.5. The molecule has 4 rings (SSSR count). The molecule has 0 saturated heterocycles. The molecule has 3 aromatic heterocycles. The molecule has 0 spiro atoms. The van der Waals surface area contributed by atoms with Crippen LogP contribution in [0.2, 0.25) is 0 Å². The lowest BCUT2D eigenvalue weighted by molar-refractivity contribution is 0.102. The van der Waals surface area contributed by atoms with Crippen LogP contribution in [0.15, 0.2) is 54.0 Å². The van der Waals surface area contributed by atoms with E-state index in [1.165, 1.54) is 11.3 Å². The Morgan fingerprint density at radius 2 is 1.97 bits per heavy atom. The molecule has 148 valence electrons. The van der Waals surface area contributed by atoms with E-state index in [1.807, 2.05) is 52.4 Å². The standard InChI is InChI=1S/C22H23N5OS/c1-15(2)13-20-24-18(14-29-20)21(28)26-22-25-17-8-3-4-9-19(17)27(22)12-10-16-7-5-6-11-23-16/h3-9,11,14-15H,10,12-13H2,1-2H3,(H,25,26,28). The number of carbonyl (C=O) groups is 1. The Hall–Kier alpha value is -3.06. The van der Waals surface area contributed by atoms with Crippen LogP contribution in [0, 0.1) is 5.92 Å². The molecule has 1 aromatic carbocycles. The highest BCUT2D eigenvalue weighted by Gasteiger charge is 2.17. The van der Waals surface area contributed by atoms with Gasteiger partial charge in [0.05, 0.1) is 16.0 Å². The first-order valence-corrected chi connectivity index (χ1v) is 10.6. The second-order valence-corrected chi connectivity index (χ2v) is 8.27. The predicted octanol–water partition coefficient (Wildman–Crippen LogP) is 4.58.